The molecule has 0 aliphatic rings. The molecule has 0 atom stereocenters. The van der Waals surface area contributed by atoms with E-state index in [4.69, 9.17) is 11.6 Å². The predicted molar refractivity (Wildman–Crippen MR) is 73.5 cm³/mol. The number of rotatable bonds is 3. The molecule has 1 aromatic heterocycles. The Morgan fingerprint density at radius 1 is 1.25 bits per heavy atom. The molecule has 3 nitrogen and oxygen atoms in total. The Labute approximate surface area is 112 Å². The van der Waals surface area contributed by atoms with Crippen LogP contribution in [0, 0.1) is 3.57 Å². The lowest BCUT2D eigenvalue weighted by Gasteiger charge is -2.08. The first-order chi connectivity index (χ1) is 7.75. The zero-order valence-corrected chi connectivity index (χ0v) is 11.2. The third-order valence-corrected chi connectivity index (χ3v) is 3.16. The summed E-state index contributed by atoms with van der Waals surface area (Å²) in [6, 6.07) is 5.76. The van der Waals surface area contributed by atoms with Crippen LogP contribution in [0.2, 0.25) is 5.02 Å². The van der Waals surface area contributed by atoms with Crippen molar-refractivity contribution in [1.29, 1.82) is 0 Å². The third kappa shape index (κ3) is 3.05. The van der Waals surface area contributed by atoms with E-state index in [1.54, 1.807) is 12.4 Å². The lowest BCUT2D eigenvalue weighted by Crippen LogP contribution is -2.01. The van der Waals surface area contributed by atoms with Crippen molar-refractivity contribution in [1.82, 2.24) is 9.97 Å². The first kappa shape index (κ1) is 11.6. The van der Waals surface area contributed by atoms with Gasteiger partial charge in [0, 0.05) is 38.8 Å². The van der Waals surface area contributed by atoms with Gasteiger partial charge in [-0.2, -0.15) is 0 Å². The fourth-order valence-corrected chi connectivity index (χ4v) is 2.31. The molecule has 0 saturated heterocycles. The van der Waals surface area contributed by atoms with Crippen molar-refractivity contribution >= 4 is 39.9 Å². The van der Waals surface area contributed by atoms with Crippen molar-refractivity contribution in [2.45, 2.75) is 6.54 Å². The number of nitrogens with one attached hydrogen (secondary N) is 1. The molecule has 0 spiro atoms. The standard InChI is InChI=1S/C11H9ClIN3/c12-9-1-2-11(10(13)3-9)16-6-8-4-14-7-15-5-8/h1-5,7,16H,6H2. The topological polar surface area (TPSA) is 37.8 Å². The Hall–Kier alpha value is -0.880. The summed E-state index contributed by atoms with van der Waals surface area (Å²) in [5.41, 5.74) is 2.11. The van der Waals surface area contributed by atoms with Gasteiger partial charge >= 0.3 is 0 Å². The molecule has 82 valence electrons. The average Bonchev–Trinajstić information content (AvgIpc) is 2.29. The van der Waals surface area contributed by atoms with Gasteiger partial charge in [0.05, 0.1) is 0 Å². The normalized spacial score (nSPS) is 10.1. The Balaban J connectivity index is 2.05. The minimum absolute atomic E-state index is 0.707. The summed E-state index contributed by atoms with van der Waals surface area (Å²) in [6.07, 6.45) is 5.11. The van der Waals surface area contributed by atoms with E-state index in [1.807, 2.05) is 18.2 Å². The van der Waals surface area contributed by atoms with E-state index in [1.165, 1.54) is 6.33 Å². The van der Waals surface area contributed by atoms with Gasteiger partial charge in [-0.3, -0.25) is 0 Å². The minimum atomic E-state index is 0.707. The van der Waals surface area contributed by atoms with E-state index >= 15 is 0 Å². The molecule has 0 saturated carbocycles. The second-order valence-electron chi connectivity index (χ2n) is 3.22. The molecule has 0 bridgehead atoms. The molecule has 16 heavy (non-hydrogen) atoms. The van der Waals surface area contributed by atoms with Crippen LogP contribution in [0.25, 0.3) is 0 Å². The molecular weight excluding hydrogens is 336 g/mol. The van der Waals surface area contributed by atoms with Crippen molar-refractivity contribution in [3.05, 3.63) is 51.1 Å². The zero-order chi connectivity index (χ0) is 11.4. The van der Waals surface area contributed by atoms with Gasteiger partial charge in [-0.1, -0.05) is 11.6 Å². The molecule has 0 aliphatic heterocycles. The Morgan fingerprint density at radius 2 is 2.00 bits per heavy atom. The molecule has 0 amide bonds. The summed E-state index contributed by atoms with van der Waals surface area (Å²) in [4.78, 5) is 7.92. The van der Waals surface area contributed by atoms with Crippen molar-refractivity contribution in [3.8, 4) is 0 Å². The van der Waals surface area contributed by atoms with Gasteiger partial charge in [0.1, 0.15) is 6.33 Å². The molecule has 0 unspecified atom stereocenters. The molecular formula is C11H9ClIN3. The molecule has 2 aromatic rings. The van der Waals surface area contributed by atoms with E-state index in [-0.39, 0.29) is 0 Å². The SMILES string of the molecule is Clc1ccc(NCc2cncnc2)c(I)c1. The van der Waals surface area contributed by atoms with Crippen molar-refractivity contribution in [3.63, 3.8) is 0 Å². The maximum Gasteiger partial charge on any atom is 0.115 e. The monoisotopic (exact) mass is 345 g/mol. The Bertz CT molecular complexity index is 476. The molecule has 2 rings (SSSR count). The van der Waals surface area contributed by atoms with Gasteiger partial charge in [0.2, 0.25) is 0 Å². The van der Waals surface area contributed by atoms with Gasteiger partial charge in [-0.05, 0) is 40.8 Å². The van der Waals surface area contributed by atoms with Crippen LogP contribution in [0.4, 0.5) is 5.69 Å². The van der Waals surface area contributed by atoms with Gasteiger partial charge in [0.15, 0.2) is 0 Å². The minimum Gasteiger partial charge on any atom is -0.380 e. The van der Waals surface area contributed by atoms with E-state index in [0.29, 0.717) is 6.54 Å². The molecule has 0 radical (unpaired) electrons. The van der Waals surface area contributed by atoms with E-state index < -0.39 is 0 Å². The largest absolute Gasteiger partial charge is 0.380 e. The Morgan fingerprint density at radius 3 is 2.69 bits per heavy atom. The van der Waals surface area contributed by atoms with Gasteiger partial charge in [-0.25, -0.2) is 9.97 Å². The highest BCUT2D eigenvalue weighted by Crippen LogP contribution is 2.22. The molecule has 0 fully saturated rings. The van der Waals surface area contributed by atoms with E-state index in [9.17, 15) is 0 Å². The van der Waals surface area contributed by atoms with E-state index in [2.05, 4.69) is 37.9 Å². The summed E-state index contributed by atoms with van der Waals surface area (Å²) in [6.45, 7) is 0.707. The summed E-state index contributed by atoms with van der Waals surface area (Å²) in [7, 11) is 0. The van der Waals surface area contributed by atoms with Gasteiger partial charge in [-0.15, -0.1) is 0 Å². The average molecular weight is 346 g/mol. The summed E-state index contributed by atoms with van der Waals surface area (Å²) >= 11 is 8.13. The quantitative estimate of drug-likeness (QED) is 0.867. The Kier molecular flexibility index (Phi) is 3.95. The highest BCUT2D eigenvalue weighted by atomic mass is 127. The van der Waals surface area contributed by atoms with Crippen molar-refractivity contribution < 1.29 is 0 Å². The number of nitrogens with zero attached hydrogens (tertiary/aromatic N) is 2. The maximum absolute atomic E-state index is 5.88. The fraction of sp³-hybridized carbons (Fsp3) is 0.0909. The van der Waals surface area contributed by atoms with Crippen LogP contribution < -0.4 is 5.32 Å². The fourth-order valence-electron chi connectivity index (χ4n) is 1.25. The number of aromatic nitrogens is 2. The summed E-state index contributed by atoms with van der Waals surface area (Å²) in [5.74, 6) is 0. The van der Waals surface area contributed by atoms with E-state index in [0.717, 1.165) is 19.8 Å². The van der Waals surface area contributed by atoms with Crippen molar-refractivity contribution in [2.75, 3.05) is 5.32 Å². The number of hydrogen-bond donors (Lipinski definition) is 1. The van der Waals surface area contributed by atoms with Crippen molar-refractivity contribution in [2.24, 2.45) is 0 Å². The predicted octanol–water partition coefficient (Wildman–Crippen LogP) is 3.35. The first-order valence-corrected chi connectivity index (χ1v) is 6.14. The van der Waals surface area contributed by atoms with Crippen LogP contribution in [0.1, 0.15) is 5.56 Å². The number of anilines is 1. The van der Waals surface area contributed by atoms with Crippen LogP contribution >= 0.6 is 34.2 Å². The van der Waals surface area contributed by atoms with Crippen LogP contribution in [0.15, 0.2) is 36.9 Å². The summed E-state index contributed by atoms with van der Waals surface area (Å²) in [5, 5.41) is 4.06. The van der Waals surface area contributed by atoms with Crippen LogP contribution in [-0.2, 0) is 6.54 Å². The number of halogens is 2. The molecule has 1 aromatic carbocycles. The first-order valence-electron chi connectivity index (χ1n) is 4.68. The number of benzene rings is 1. The van der Waals surface area contributed by atoms with Gasteiger partial charge in [0.25, 0.3) is 0 Å². The summed E-state index contributed by atoms with van der Waals surface area (Å²) < 4.78 is 1.10. The second-order valence-corrected chi connectivity index (χ2v) is 4.82. The van der Waals surface area contributed by atoms with Crippen LogP contribution in [-0.4, -0.2) is 9.97 Å². The van der Waals surface area contributed by atoms with Crippen LogP contribution in [0.3, 0.4) is 0 Å². The molecule has 1 heterocycles. The lowest BCUT2D eigenvalue weighted by molar-refractivity contribution is 1.05. The molecule has 5 heteroatoms. The highest BCUT2D eigenvalue weighted by Gasteiger charge is 2.00. The maximum atomic E-state index is 5.88. The lowest BCUT2D eigenvalue weighted by atomic mass is 10.3. The number of hydrogen-bond acceptors (Lipinski definition) is 3. The second kappa shape index (κ2) is 5.45. The third-order valence-electron chi connectivity index (χ3n) is 2.03. The highest BCUT2D eigenvalue weighted by molar-refractivity contribution is 14.1. The smallest absolute Gasteiger partial charge is 0.115 e. The van der Waals surface area contributed by atoms with Crippen LogP contribution in [0.5, 0.6) is 0 Å². The zero-order valence-electron chi connectivity index (χ0n) is 8.32. The molecule has 0 aliphatic carbocycles. The molecule has 1 N–H and O–H groups in total. The van der Waals surface area contributed by atoms with Gasteiger partial charge < -0.3 is 5.32 Å².